The minimum absolute atomic E-state index is 0.273. The van der Waals surface area contributed by atoms with Gasteiger partial charge >= 0.3 is 0 Å². The van der Waals surface area contributed by atoms with Crippen molar-refractivity contribution in [3.8, 4) is 23.0 Å². The van der Waals surface area contributed by atoms with Gasteiger partial charge in [-0.25, -0.2) is 0 Å². The molecule has 9 heteroatoms. The highest BCUT2D eigenvalue weighted by Gasteiger charge is 2.10. The fraction of sp³-hybridized carbons (Fsp3) is 0.200. The lowest BCUT2D eigenvalue weighted by Crippen LogP contribution is -2.17. The summed E-state index contributed by atoms with van der Waals surface area (Å²) in [4.78, 5) is 17.3. The number of halogens is 1. The molecule has 3 rings (SSSR count). The first-order valence-electron chi connectivity index (χ1n) is 10.2. The third-order valence-electron chi connectivity index (χ3n) is 4.65. The Hall–Kier alpha value is -3.91. The number of carbonyl (C=O) groups excluding carboxylic acids is 1. The number of oxime groups is 1. The van der Waals surface area contributed by atoms with Crippen LogP contribution in [0.15, 0.2) is 65.8 Å². The third kappa shape index (κ3) is 7.05. The highest BCUT2D eigenvalue weighted by atomic mass is 35.5. The normalized spacial score (nSPS) is 10.6. The van der Waals surface area contributed by atoms with E-state index >= 15 is 0 Å². The van der Waals surface area contributed by atoms with Gasteiger partial charge in [0, 0.05) is 16.7 Å². The van der Waals surface area contributed by atoms with Crippen LogP contribution in [0.25, 0.3) is 0 Å². The fourth-order valence-corrected chi connectivity index (χ4v) is 3.03. The predicted octanol–water partition coefficient (Wildman–Crippen LogP) is 4.93. The SMILES string of the molecule is COc1ccc(NC(=O)CO/N=C/c2ccc(OCc3ccc(Cl)cc3)c(OC)c2)c(OC)c1. The van der Waals surface area contributed by atoms with E-state index in [2.05, 4.69) is 10.5 Å². The average molecular weight is 485 g/mol. The van der Waals surface area contributed by atoms with Gasteiger partial charge in [0.2, 0.25) is 0 Å². The minimum atomic E-state index is -0.385. The maximum Gasteiger partial charge on any atom is 0.265 e. The average Bonchev–Trinajstić information content (AvgIpc) is 2.86. The number of hydrogen-bond acceptors (Lipinski definition) is 7. The Morgan fingerprint density at radius 2 is 1.68 bits per heavy atom. The Balaban J connectivity index is 1.52. The number of benzene rings is 3. The van der Waals surface area contributed by atoms with Crippen LogP contribution in [0.3, 0.4) is 0 Å². The molecule has 3 aromatic rings. The molecular weight excluding hydrogens is 460 g/mol. The number of anilines is 1. The number of rotatable bonds is 11. The van der Waals surface area contributed by atoms with Crippen molar-refractivity contribution >= 4 is 29.4 Å². The van der Waals surface area contributed by atoms with Crippen LogP contribution in [-0.2, 0) is 16.2 Å². The maximum atomic E-state index is 12.2. The number of methoxy groups -OCH3 is 3. The molecule has 0 radical (unpaired) electrons. The standard InChI is InChI=1S/C25H25ClN2O6/c1-30-20-9-10-21(23(13-20)31-2)28-25(29)16-34-27-14-18-6-11-22(24(12-18)32-3)33-15-17-4-7-19(26)8-5-17/h4-14H,15-16H2,1-3H3,(H,28,29)/b27-14+. The molecule has 0 bridgehead atoms. The van der Waals surface area contributed by atoms with Gasteiger partial charge in [0.25, 0.3) is 5.91 Å². The molecule has 0 fully saturated rings. The lowest BCUT2D eigenvalue weighted by molar-refractivity contribution is -0.120. The van der Waals surface area contributed by atoms with Crippen molar-refractivity contribution in [3.63, 3.8) is 0 Å². The summed E-state index contributed by atoms with van der Waals surface area (Å²) in [7, 11) is 4.61. The topological polar surface area (TPSA) is 87.6 Å². The molecule has 0 aliphatic heterocycles. The number of nitrogens with one attached hydrogen (secondary N) is 1. The van der Waals surface area contributed by atoms with Crippen LogP contribution >= 0.6 is 11.6 Å². The molecule has 1 amide bonds. The van der Waals surface area contributed by atoms with Gasteiger partial charge < -0.3 is 29.1 Å². The Bertz CT molecular complexity index is 1130. The molecular formula is C25H25ClN2O6. The van der Waals surface area contributed by atoms with Crippen LogP contribution in [0.1, 0.15) is 11.1 Å². The van der Waals surface area contributed by atoms with Gasteiger partial charge in [0.05, 0.1) is 33.2 Å². The van der Waals surface area contributed by atoms with Crippen molar-refractivity contribution in [2.75, 3.05) is 33.3 Å². The van der Waals surface area contributed by atoms with Crippen molar-refractivity contribution in [1.29, 1.82) is 0 Å². The first-order chi connectivity index (χ1) is 16.5. The van der Waals surface area contributed by atoms with Gasteiger partial charge in [-0.2, -0.15) is 0 Å². The van der Waals surface area contributed by atoms with Crippen LogP contribution in [0.4, 0.5) is 5.69 Å². The lowest BCUT2D eigenvalue weighted by atomic mass is 10.2. The molecule has 8 nitrogen and oxygen atoms in total. The molecule has 0 unspecified atom stereocenters. The second-order valence-corrected chi connectivity index (χ2v) is 7.38. The molecule has 178 valence electrons. The van der Waals surface area contributed by atoms with E-state index in [-0.39, 0.29) is 12.5 Å². The van der Waals surface area contributed by atoms with E-state index in [0.717, 1.165) is 5.56 Å². The lowest BCUT2D eigenvalue weighted by Gasteiger charge is -2.11. The van der Waals surface area contributed by atoms with Gasteiger partial charge in [-0.15, -0.1) is 0 Å². The highest BCUT2D eigenvalue weighted by Crippen LogP contribution is 2.29. The quantitative estimate of drug-likeness (QED) is 0.306. The summed E-state index contributed by atoms with van der Waals surface area (Å²) in [5.74, 6) is 1.84. The first kappa shape index (κ1) is 24.7. The van der Waals surface area contributed by atoms with Crippen LogP contribution in [0.2, 0.25) is 5.02 Å². The molecule has 0 saturated carbocycles. The molecule has 0 atom stereocenters. The van der Waals surface area contributed by atoms with Crippen molar-refractivity contribution in [2.24, 2.45) is 5.16 Å². The number of ether oxygens (including phenoxy) is 4. The van der Waals surface area contributed by atoms with Crippen LogP contribution < -0.4 is 24.3 Å². The molecule has 1 N–H and O–H groups in total. The van der Waals surface area contributed by atoms with E-state index < -0.39 is 0 Å². The van der Waals surface area contributed by atoms with E-state index in [1.807, 2.05) is 24.3 Å². The number of carbonyl (C=O) groups is 1. The minimum Gasteiger partial charge on any atom is -0.497 e. The zero-order valence-corrected chi connectivity index (χ0v) is 19.8. The summed E-state index contributed by atoms with van der Waals surface area (Å²) in [5, 5.41) is 7.23. The Labute approximate surface area is 203 Å². The van der Waals surface area contributed by atoms with Gasteiger partial charge in [-0.3, -0.25) is 4.79 Å². The number of amides is 1. The predicted molar refractivity (Wildman–Crippen MR) is 130 cm³/mol. The van der Waals surface area contributed by atoms with Gasteiger partial charge in [-0.05, 0) is 48.0 Å². The van der Waals surface area contributed by atoms with Crippen molar-refractivity contribution in [1.82, 2.24) is 0 Å². The molecule has 0 saturated heterocycles. The second kappa shape index (κ2) is 12.4. The molecule has 0 heterocycles. The molecule has 0 aromatic heterocycles. The van der Waals surface area contributed by atoms with Crippen LogP contribution in [-0.4, -0.2) is 40.1 Å². The largest absolute Gasteiger partial charge is 0.497 e. The summed E-state index contributed by atoms with van der Waals surface area (Å²) >= 11 is 5.91. The Morgan fingerprint density at radius 3 is 2.38 bits per heavy atom. The summed E-state index contributed by atoms with van der Waals surface area (Å²) in [6, 6.07) is 17.8. The zero-order chi connectivity index (χ0) is 24.3. The van der Waals surface area contributed by atoms with Gasteiger partial charge in [0.15, 0.2) is 18.1 Å². The zero-order valence-electron chi connectivity index (χ0n) is 19.0. The van der Waals surface area contributed by atoms with E-state index in [1.165, 1.54) is 13.3 Å². The number of nitrogens with zero attached hydrogens (tertiary/aromatic N) is 1. The maximum absolute atomic E-state index is 12.2. The Kier molecular flexibility index (Phi) is 8.99. The number of hydrogen-bond donors (Lipinski definition) is 1. The van der Waals surface area contributed by atoms with Gasteiger partial charge in [0.1, 0.15) is 18.1 Å². The fourth-order valence-electron chi connectivity index (χ4n) is 2.91. The summed E-state index contributed by atoms with van der Waals surface area (Å²) in [6.45, 7) is 0.100. The van der Waals surface area contributed by atoms with Crippen LogP contribution in [0.5, 0.6) is 23.0 Å². The van der Waals surface area contributed by atoms with Gasteiger partial charge in [-0.1, -0.05) is 28.9 Å². The monoisotopic (exact) mass is 484 g/mol. The smallest absolute Gasteiger partial charge is 0.265 e. The Morgan fingerprint density at radius 1 is 0.912 bits per heavy atom. The van der Waals surface area contributed by atoms with Crippen molar-refractivity contribution < 1.29 is 28.6 Å². The summed E-state index contributed by atoms with van der Waals surface area (Å²) in [5.41, 5.74) is 2.20. The molecule has 0 spiro atoms. The highest BCUT2D eigenvalue weighted by molar-refractivity contribution is 6.30. The van der Waals surface area contributed by atoms with Crippen molar-refractivity contribution in [2.45, 2.75) is 6.61 Å². The molecule has 3 aromatic carbocycles. The van der Waals surface area contributed by atoms with Crippen LogP contribution in [0, 0.1) is 0 Å². The van der Waals surface area contributed by atoms with E-state index in [4.69, 9.17) is 35.4 Å². The first-order valence-corrected chi connectivity index (χ1v) is 10.6. The van der Waals surface area contributed by atoms with E-state index in [9.17, 15) is 4.79 Å². The third-order valence-corrected chi connectivity index (χ3v) is 4.90. The second-order valence-electron chi connectivity index (χ2n) is 6.95. The van der Waals surface area contributed by atoms with E-state index in [0.29, 0.717) is 45.9 Å². The van der Waals surface area contributed by atoms with E-state index in [1.54, 1.807) is 50.6 Å². The summed E-state index contributed by atoms with van der Waals surface area (Å²) in [6.07, 6.45) is 1.48. The molecule has 34 heavy (non-hydrogen) atoms. The van der Waals surface area contributed by atoms with Crippen molar-refractivity contribution in [3.05, 3.63) is 76.8 Å². The molecule has 0 aliphatic carbocycles. The summed E-state index contributed by atoms with van der Waals surface area (Å²) < 4.78 is 21.7. The molecule has 0 aliphatic rings.